The second-order valence-electron chi connectivity index (χ2n) is 2.55. The van der Waals surface area contributed by atoms with Crippen LogP contribution in [-0.4, -0.2) is 15.1 Å². The molecule has 5 nitrogen and oxygen atoms in total. The normalized spacial score (nSPS) is 10.1. The lowest BCUT2D eigenvalue weighted by Crippen LogP contribution is -2.02. The van der Waals surface area contributed by atoms with Crippen LogP contribution in [0.3, 0.4) is 0 Å². The summed E-state index contributed by atoms with van der Waals surface area (Å²) in [5.74, 6) is 1.26. The lowest BCUT2D eigenvalue weighted by molar-refractivity contribution is 0.411. The summed E-state index contributed by atoms with van der Waals surface area (Å²) in [6, 6.07) is 5.33. The fourth-order valence-electron chi connectivity index (χ4n) is 0.947. The van der Waals surface area contributed by atoms with Crippen LogP contribution in [0, 0.1) is 0 Å². The summed E-state index contributed by atoms with van der Waals surface area (Å²) < 4.78 is 4.58. The highest BCUT2D eigenvalue weighted by Crippen LogP contribution is 2.09. The first-order valence-corrected chi connectivity index (χ1v) is 4.34. The molecule has 0 bridgehead atoms. The molecule has 0 amide bonds. The average molecular weight is 211 g/mol. The molecule has 14 heavy (non-hydrogen) atoms. The number of hydrogen-bond donors (Lipinski definition) is 1. The van der Waals surface area contributed by atoms with Crippen molar-refractivity contribution < 1.29 is 4.52 Å². The molecule has 0 aliphatic heterocycles. The molecule has 0 aromatic carbocycles. The summed E-state index contributed by atoms with van der Waals surface area (Å²) in [5, 5.41) is 7.10. The van der Waals surface area contributed by atoms with Crippen LogP contribution < -0.4 is 5.32 Å². The molecule has 0 unspecified atom stereocenters. The van der Waals surface area contributed by atoms with Gasteiger partial charge in [-0.1, -0.05) is 22.8 Å². The highest BCUT2D eigenvalue weighted by molar-refractivity contribution is 6.29. The Bertz CT molecular complexity index is 403. The molecule has 0 aliphatic carbocycles. The van der Waals surface area contributed by atoms with Crippen LogP contribution in [0.15, 0.2) is 29.1 Å². The van der Waals surface area contributed by atoms with Crippen molar-refractivity contribution in [1.29, 1.82) is 0 Å². The molecule has 0 saturated carbocycles. The van der Waals surface area contributed by atoms with Gasteiger partial charge in [-0.3, -0.25) is 0 Å². The molecule has 1 N–H and O–H groups in total. The lowest BCUT2D eigenvalue weighted by atomic mass is 10.4. The standard InChI is InChI=1S/C8H7ClN4O/c9-6-2-1-3-7(12-6)10-4-8-11-5-14-13-8/h1-3,5H,4H2,(H,10,12). The van der Waals surface area contributed by atoms with Crippen molar-refractivity contribution in [2.75, 3.05) is 5.32 Å². The average Bonchev–Trinajstić information content (AvgIpc) is 2.67. The van der Waals surface area contributed by atoms with Gasteiger partial charge < -0.3 is 9.84 Å². The van der Waals surface area contributed by atoms with Crippen LogP contribution in [0.1, 0.15) is 5.82 Å². The summed E-state index contributed by atoms with van der Waals surface area (Å²) in [7, 11) is 0. The number of aromatic nitrogens is 3. The lowest BCUT2D eigenvalue weighted by Gasteiger charge is -2.01. The summed E-state index contributed by atoms with van der Waals surface area (Å²) in [4.78, 5) is 7.89. The van der Waals surface area contributed by atoms with Crippen molar-refractivity contribution in [3.8, 4) is 0 Å². The first kappa shape index (κ1) is 8.96. The third-order valence-corrected chi connectivity index (χ3v) is 1.76. The molecule has 0 spiro atoms. The van der Waals surface area contributed by atoms with Gasteiger partial charge in [-0.05, 0) is 12.1 Å². The Morgan fingerprint density at radius 2 is 2.36 bits per heavy atom. The van der Waals surface area contributed by atoms with Crippen LogP contribution in [-0.2, 0) is 6.54 Å². The molecule has 0 aliphatic rings. The molecule has 0 radical (unpaired) electrons. The molecule has 2 heterocycles. The van der Waals surface area contributed by atoms with Gasteiger partial charge in [0.25, 0.3) is 0 Å². The van der Waals surface area contributed by atoms with Crippen molar-refractivity contribution in [3.05, 3.63) is 35.6 Å². The first-order valence-electron chi connectivity index (χ1n) is 3.96. The minimum Gasteiger partial charge on any atom is -0.363 e. The number of hydrogen-bond acceptors (Lipinski definition) is 5. The summed E-state index contributed by atoms with van der Waals surface area (Å²) in [6.45, 7) is 0.462. The van der Waals surface area contributed by atoms with E-state index in [0.29, 0.717) is 23.3 Å². The van der Waals surface area contributed by atoms with Crippen LogP contribution in [0.5, 0.6) is 0 Å². The Kier molecular flexibility index (Phi) is 2.60. The van der Waals surface area contributed by atoms with E-state index in [1.165, 1.54) is 6.39 Å². The maximum Gasteiger partial charge on any atom is 0.213 e. The highest BCUT2D eigenvalue weighted by atomic mass is 35.5. The second kappa shape index (κ2) is 4.06. The quantitative estimate of drug-likeness (QED) is 0.782. The number of nitrogens with zero attached hydrogens (tertiary/aromatic N) is 3. The summed E-state index contributed by atoms with van der Waals surface area (Å²) >= 11 is 5.70. The van der Waals surface area contributed by atoms with Gasteiger partial charge >= 0.3 is 0 Å². The Hall–Kier alpha value is -1.62. The largest absolute Gasteiger partial charge is 0.363 e. The van der Waals surface area contributed by atoms with Gasteiger partial charge in [-0.2, -0.15) is 4.98 Å². The summed E-state index contributed by atoms with van der Waals surface area (Å²) in [5.41, 5.74) is 0. The van der Waals surface area contributed by atoms with Crippen molar-refractivity contribution in [1.82, 2.24) is 15.1 Å². The first-order chi connectivity index (χ1) is 6.84. The van der Waals surface area contributed by atoms with E-state index in [1.54, 1.807) is 6.07 Å². The van der Waals surface area contributed by atoms with E-state index in [0.717, 1.165) is 0 Å². The third-order valence-electron chi connectivity index (χ3n) is 1.55. The molecule has 0 fully saturated rings. The molecular formula is C8H7ClN4O. The van der Waals surface area contributed by atoms with Crippen LogP contribution in [0.25, 0.3) is 0 Å². The van der Waals surface area contributed by atoms with E-state index in [1.807, 2.05) is 12.1 Å². The Morgan fingerprint density at radius 3 is 3.07 bits per heavy atom. The fourth-order valence-corrected chi connectivity index (χ4v) is 1.11. The van der Waals surface area contributed by atoms with Crippen LogP contribution in [0.2, 0.25) is 5.15 Å². The Balaban J connectivity index is 1.98. The smallest absolute Gasteiger partial charge is 0.213 e. The zero-order chi connectivity index (χ0) is 9.80. The van der Waals surface area contributed by atoms with E-state index in [2.05, 4.69) is 25.0 Å². The second-order valence-corrected chi connectivity index (χ2v) is 2.93. The van der Waals surface area contributed by atoms with Crippen molar-refractivity contribution in [3.63, 3.8) is 0 Å². The number of rotatable bonds is 3. The molecule has 6 heteroatoms. The van der Waals surface area contributed by atoms with Crippen molar-refractivity contribution >= 4 is 17.4 Å². The van der Waals surface area contributed by atoms with E-state index in [9.17, 15) is 0 Å². The predicted molar refractivity (Wildman–Crippen MR) is 50.9 cm³/mol. The Morgan fingerprint density at radius 1 is 1.43 bits per heavy atom. The van der Waals surface area contributed by atoms with Crippen LogP contribution in [0.4, 0.5) is 5.82 Å². The molecule has 72 valence electrons. The van der Waals surface area contributed by atoms with Crippen molar-refractivity contribution in [2.45, 2.75) is 6.54 Å². The van der Waals surface area contributed by atoms with Gasteiger partial charge in [0.1, 0.15) is 11.0 Å². The number of nitrogens with one attached hydrogen (secondary N) is 1. The van der Waals surface area contributed by atoms with Gasteiger partial charge in [-0.25, -0.2) is 4.98 Å². The van der Waals surface area contributed by atoms with E-state index in [4.69, 9.17) is 11.6 Å². The van der Waals surface area contributed by atoms with Gasteiger partial charge in [0.05, 0.1) is 6.54 Å². The third kappa shape index (κ3) is 2.20. The van der Waals surface area contributed by atoms with E-state index < -0.39 is 0 Å². The zero-order valence-electron chi connectivity index (χ0n) is 7.14. The number of anilines is 1. The van der Waals surface area contributed by atoms with Crippen molar-refractivity contribution in [2.24, 2.45) is 0 Å². The maximum absolute atomic E-state index is 5.70. The minimum absolute atomic E-state index is 0.447. The van der Waals surface area contributed by atoms with Gasteiger partial charge in [0.15, 0.2) is 5.82 Å². The predicted octanol–water partition coefficient (Wildman–Crippen LogP) is 1.73. The number of halogens is 1. The van der Waals surface area contributed by atoms with Gasteiger partial charge in [0.2, 0.25) is 6.39 Å². The topological polar surface area (TPSA) is 63.8 Å². The molecule has 0 saturated heterocycles. The molecule has 0 atom stereocenters. The van der Waals surface area contributed by atoms with Gasteiger partial charge in [-0.15, -0.1) is 0 Å². The van der Waals surface area contributed by atoms with Crippen LogP contribution >= 0.6 is 11.6 Å². The maximum atomic E-state index is 5.70. The minimum atomic E-state index is 0.447. The molecule has 2 rings (SSSR count). The number of pyridine rings is 1. The monoisotopic (exact) mass is 210 g/mol. The molecule has 2 aromatic heterocycles. The highest BCUT2D eigenvalue weighted by Gasteiger charge is 1.99. The zero-order valence-corrected chi connectivity index (χ0v) is 7.90. The van der Waals surface area contributed by atoms with E-state index in [-0.39, 0.29) is 0 Å². The van der Waals surface area contributed by atoms with Gasteiger partial charge in [0, 0.05) is 0 Å². The Labute approximate surface area is 85.1 Å². The fraction of sp³-hybridized carbons (Fsp3) is 0.125. The molecular weight excluding hydrogens is 204 g/mol. The summed E-state index contributed by atoms with van der Waals surface area (Å²) in [6.07, 6.45) is 1.28. The van der Waals surface area contributed by atoms with E-state index >= 15 is 0 Å². The molecule has 2 aromatic rings. The SMILES string of the molecule is Clc1cccc(NCc2ncon2)n1.